The first-order chi connectivity index (χ1) is 11.6. The number of para-hydroxylation sites is 1. The van der Waals surface area contributed by atoms with Crippen LogP contribution in [0, 0.1) is 0 Å². The summed E-state index contributed by atoms with van der Waals surface area (Å²) < 4.78 is 0. The van der Waals surface area contributed by atoms with Crippen LogP contribution in [0.25, 0.3) is 10.8 Å². The van der Waals surface area contributed by atoms with E-state index in [9.17, 15) is 4.79 Å². The van der Waals surface area contributed by atoms with Crippen molar-refractivity contribution in [1.82, 2.24) is 0 Å². The van der Waals surface area contributed by atoms with Crippen molar-refractivity contribution in [3.8, 4) is 0 Å². The van der Waals surface area contributed by atoms with Crippen LogP contribution in [0.2, 0.25) is 0 Å². The molecule has 3 aromatic rings. The topological polar surface area (TPSA) is 23.6 Å². The largest absolute Gasteiger partial charge is 0.363 e. The number of carbonyl (C=O) groups is 1. The summed E-state index contributed by atoms with van der Waals surface area (Å²) in [5.74, 6) is 0.0665. The molecule has 0 bridgehead atoms. The average Bonchev–Trinajstić information content (AvgIpc) is 2.66. The number of likely N-dealkylation sites (N-methyl/N-ethyl adjacent to an activating group) is 2. The van der Waals surface area contributed by atoms with Crippen LogP contribution in [0.3, 0.4) is 0 Å². The maximum absolute atomic E-state index is 12.8. The van der Waals surface area contributed by atoms with E-state index in [4.69, 9.17) is 0 Å². The third-order valence-electron chi connectivity index (χ3n) is 4.55. The summed E-state index contributed by atoms with van der Waals surface area (Å²) in [6, 6.07) is 24.0. The molecule has 1 atom stereocenters. The number of fused-ring (bicyclic) bond motifs is 1. The van der Waals surface area contributed by atoms with Crippen LogP contribution in [-0.2, 0) is 4.79 Å². The summed E-state index contributed by atoms with van der Waals surface area (Å²) in [5, 5.41) is 2.38. The number of carbonyl (C=O) groups excluding carboxylic acids is 1. The molecule has 3 heteroatoms. The Morgan fingerprint density at radius 1 is 0.792 bits per heavy atom. The van der Waals surface area contributed by atoms with Crippen molar-refractivity contribution < 1.29 is 4.79 Å². The lowest BCUT2D eigenvalue weighted by atomic mass is 10.1. The van der Waals surface area contributed by atoms with Crippen molar-refractivity contribution in [2.24, 2.45) is 0 Å². The Morgan fingerprint density at radius 2 is 1.42 bits per heavy atom. The maximum atomic E-state index is 12.8. The predicted molar refractivity (Wildman–Crippen MR) is 102 cm³/mol. The highest BCUT2D eigenvalue weighted by atomic mass is 16.2. The van der Waals surface area contributed by atoms with E-state index in [0.29, 0.717) is 0 Å². The summed E-state index contributed by atoms with van der Waals surface area (Å²) in [6.07, 6.45) is 0. The number of benzene rings is 3. The van der Waals surface area contributed by atoms with Crippen LogP contribution in [0.15, 0.2) is 72.8 Å². The van der Waals surface area contributed by atoms with E-state index < -0.39 is 0 Å². The summed E-state index contributed by atoms with van der Waals surface area (Å²) in [4.78, 5) is 16.5. The number of anilines is 2. The zero-order valence-electron chi connectivity index (χ0n) is 14.3. The molecular weight excluding hydrogens is 296 g/mol. The minimum atomic E-state index is -0.253. The van der Waals surface area contributed by atoms with Crippen LogP contribution in [0.5, 0.6) is 0 Å². The van der Waals surface area contributed by atoms with Gasteiger partial charge in [0.25, 0.3) is 0 Å². The van der Waals surface area contributed by atoms with E-state index in [0.717, 1.165) is 11.4 Å². The van der Waals surface area contributed by atoms with Crippen molar-refractivity contribution in [2.45, 2.75) is 13.0 Å². The molecule has 0 fully saturated rings. The predicted octanol–water partition coefficient (Wildman–Crippen LogP) is 4.33. The Morgan fingerprint density at radius 3 is 2.12 bits per heavy atom. The SMILES string of the molecule is C[C@H](C(=O)N(C)c1ccccc1)N(C)c1ccc2ccccc2c1. The van der Waals surface area contributed by atoms with Gasteiger partial charge in [0.1, 0.15) is 6.04 Å². The van der Waals surface area contributed by atoms with E-state index >= 15 is 0 Å². The van der Waals surface area contributed by atoms with Gasteiger partial charge in [0.05, 0.1) is 0 Å². The van der Waals surface area contributed by atoms with Crippen LogP contribution >= 0.6 is 0 Å². The molecule has 0 heterocycles. The minimum absolute atomic E-state index is 0.0665. The highest BCUT2D eigenvalue weighted by molar-refractivity contribution is 5.98. The van der Waals surface area contributed by atoms with Gasteiger partial charge in [0, 0.05) is 25.5 Å². The molecule has 0 N–H and O–H groups in total. The van der Waals surface area contributed by atoms with Gasteiger partial charge in [0.15, 0.2) is 0 Å². The quantitative estimate of drug-likeness (QED) is 0.715. The molecule has 0 spiro atoms. The van der Waals surface area contributed by atoms with Gasteiger partial charge in [-0.15, -0.1) is 0 Å². The fourth-order valence-electron chi connectivity index (χ4n) is 2.84. The van der Waals surface area contributed by atoms with Gasteiger partial charge in [-0.3, -0.25) is 4.79 Å². The van der Waals surface area contributed by atoms with Gasteiger partial charge < -0.3 is 9.80 Å². The van der Waals surface area contributed by atoms with Crippen LogP contribution in [0.4, 0.5) is 11.4 Å². The molecule has 1 amide bonds. The molecule has 0 saturated carbocycles. The molecular formula is C21H22N2O. The summed E-state index contributed by atoms with van der Waals surface area (Å²) >= 11 is 0. The third kappa shape index (κ3) is 3.11. The molecule has 0 saturated heterocycles. The van der Waals surface area contributed by atoms with Gasteiger partial charge in [-0.2, -0.15) is 0 Å². The van der Waals surface area contributed by atoms with Crippen molar-refractivity contribution in [3.05, 3.63) is 72.8 Å². The highest BCUT2D eigenvalue weighted by Gasteiger charge is 2.22. The second-order valence-electron chi connectivity index (χ2n) is 6.05. The maximum Gasteiger partial charge on any atom is 0.249 e. The molecule has 24 heavy (non-hydrogen) atoms. The first-order valence-corrected chi connectivity index (χ1v) is 8.12. The van der Waals surface area contributed by atoms with Gasteiger partial charge in [-0.1, -0.05) is 48.5 Å². The number of hydrogen-bond donors (Lipinski definition) is 0. The second-order valence-corrected chi connectivity index (χ2v) is 6.05. The van der Waals surface area contributed by atoms with E-state index in [1.165, 1.54) is 10.8 Å². The van der Waals surface area contributed by atoms with Crippen LogP contribution in [0.1, 0.15) is 6.92 Å². The third-order valence-corrected chi connectivity index (χ3v) is 4.55. The van der Waals surface area contributed by atoms with Gasteiger partial charge in [0.2, 0.25) is 5.91 Å². The molecule has 3 aromatic carbocycles. The smallest absolute Gasteiger partial charge is 0.249 e. The fourth-order valence-corrected chi connectivity index (χ4v) is 2.84. The Labute approximate surface area is 143 Å². The first kappa shape index (κ1) is 16.1. The lowest BCUT2D eigenvalue weighted by molar-refractivity contribution is -0.119. The van der Waals surface area contributed by atoms with E-state index in [2.05, 4.69) is 30.3 Å². The molecule has 0 aromatic heterocycles. The van der Waals surface area contributed by atoms with Crippen molar-refractivity contribution in [1.29, 1.82) is 0 Å². The number of hydrogen-bond acceptors (Lipinski definition) is 2. The Hall–Kier alpha value is -2.81. The lowest BCUT2D eigenvalue weighted by Gasteiger charge is -2.30. The zero-order chi connectivity index (χ0) is 17.1. The van der Waals surface area contributed by atoms with Crippen molar-refractivity contribution in [3.63, 3.8) is 0 Å². The average molecular weight is 318 g/mol. The van der Waals surface area contributed by atoms with E-state index in [1.807, 2.05) is 68.4 Å². The Kier molecular flexibility index (Phi) is 4.52. The normalized spacial score (nSPS) is 12.0. The van der Waals surface area contributed by atoms with Gasteiger partial charge >= 0.3 is 0 Å². The number of rotatable bonds is 4. The molecule has 0 aliphatic carbocycles. The van der Waals surface area contributed by atoms with E-state index in [-0.39, 0.29) is 11.9 Å². The molecule has 122 valence electrons. The molecule has 0 aliphatic rings. The molecule has 0 radical (unpaired) electrons. The van der Waals surface area contributed by atoms with Crippen LogP contribution in [-0.4, -0.2) is 26.0 Å². The summed E-state index contributed by atoms with van der Waals surface area (Å²) in [7, 11) is 3.79. The molecule has 0 aliphatic heterocycles. The number of amides is 1. The van der Waals surface area contributed by atoms with Crippen molar-refractivity contribution >= 4 is 28.1 Å². The molecule has 0 unspecified atom stereocenters. The second kappa shape index (κ2) is 6.75. The molecule has 3 rings (SSSR count). The monoisotopic (exact) mass is 318 g/mol. The standard InChI is InChI=1S/C21H22N2O/c1-16(21(24)23(3)19-11-5-4-6-12-19)22(2)20-14-13-17-9-7-8-10-18(17)15-20/h4-16H,1-3H3/t16-/m1/s1. The minimum Gasteiger partial charge on any atom is -0.363 e. The first-order valence-electron chi connectivity index (χ1n) is 8.12. The summed E-state index contributed by atoms with van der Waals surface area (Å²) in [5.41, 5.74) is 1.94. The Bertz CT molecular complexity index is 845. The fraction of sp³-hybridized carbons (Fsp3) is 0.190. The highest BCUT2D eigenvalue weighted by Crippen LogP contribution is 2.23. The van der Waals surface area contributed by atoms with Crippen LogP contribution < -0.4 is 9.80 Å². The van der Waals surface area contributed by atoms with Gasteiger partial charge in [-0.25, -0.2) is 0 Å². The number of nitrogens with zero attached hydrogens (tertiary/aromatic N) is 2. The zero-order valence-corrected chi connectivity index (χ0v) is 14.3. The van der Waals surface area contributed by atoms with E-state index in [1.54, 1.807) is 4.90 Å². The Balaban J connectivity index is 1.82. The van der Waals surface area contributed by atoms with Crippen molar-refractivity contribution in [2.75, 3.05) is 23.9 Å². The summed E-state index contributed by atoms with van der Waals surface area (Å²) in [6.45, 7) is 1.94. The molecule has 3 nitrogen and oxygen atoms in total. The lowest BCUT2D eigenvalue weighted by Crippen LogP contribution is -2.44. The van der Waals surface area contributed by atoms with Gasteiger partial charge in [-0.05, 0) is 42.0 Å².